The summed E-state index contributed by atoms with van der Waals surface area (Å²) in [7, 11) is 0. The van der Waals surface area contributed by atoms with Gasteiger partial charge in [0.25, 0.3) is 0 Å². The summed E-state index contributed by atoms with van der Waals surface area (Å²) in [5, 5.41) is 11.0. The summed E-state index contributed by atoms with van der Waals surface area (Å²) in [5.74, 6) is 0.463. The van der Waals surface area contributed by atoms with Crippen molar-refractivity contribution in [1.82, 2.24) is 20.1 Å². The fourth-order valence-corrected chi connectivity index (χ4v) is 2.45. The van der Waals surface area contributed by atoms with Crippen molar-refractivity contribution >= 4 is 11.3 Å². The normalized spacial score (nSPS) is 13.1. The van der Waals surface area contributed by atoms with E-state index in [0.717, 1.165) is 13.1 Å². The minimum atomic E-state index is 0.424. The third kappa shape index (κ3) is 3.40. The Hall–Kier alpha value is -1.20. The van der Waals surface area contributed by atoms with Crippen LogP contribution in [0.4, 0.5) is 0 Å². The molecule has 0 aromatic carbocycles. The number of hydrogen-bond donors (Lipinski definition) is 1. The first-order valence-electron chi connectivity index (χ1n) is 6.30. The summed E-state index contributed by atoms with van der Waals surface area (Å²) in [6.07, 6.45) is 5.90. The lowest BCUT2D eigenvalue weighted by molar-refractivity contribution is 0.531. The van der Waals surface area contributed by atoms with Crippen molar-refractivity contribution in [2.75, 3.05) is 6.54 Å². The molecule has 2 aromatic heterocycles. The first-order chi connectivity index (χ1) is 8.66. The average molecular weight is 264 g/mol. The van der Waals surface area contributed by atoms with Crippen LogP contribution in [0.25, 0.3) is 0 Å². The van der Waals surface area contributed by atoms with Crippen molar-refractivity contribution in [3.63, 3.8) is 0 Å². The van der Waals surface area contributed by atoms with Gasteiger partial charge in [-0.3, -0.25) is 4.68 Å². The molecule has 0 spiro atoms. The van der Waals surface area contributed by atoms with E-state index in [1.165, 1.54) is 10.6 Å². The second kappa shape index (κ2) is 6.11. The van der Waals surface area contributed by atoms with Crippen LogP contribution < -0.4 is 5.32 Å². The molecule has 2 aromatic rings. The highest BCUT2D eigenvalue weighted by Gasteiger charge is 2.08. The van der Waals surface area contributed by atoms with Gasteiger partial charge in [-0.15, -0.1) is 11.3 Å². The van der Waals surface area contributed by atoms with Gasteiger partial charge in [-0.1, -0.05) is 6.92 Å². The van der Waals surface area contributed by atoms with Crippen LogP contribution in [0.15, 0.2) is 24.0 Å². The summed E-state index contributed by atoms with van der Waals surface area (Å²) in [5.41, 5.74) is 1.23. The second-order valence-corrected chi connectivity index (χ2v) is 5.75. The van der Waals surface area contributed by atoms with Crippen LogP contribution in [-0.4, -0.2) is 21.3 Å². The van der Waals surface area contributed by atoms with Crippen molar-refractivity contribution in [3.05, 3.63) is 34.5 Å². The van der Waals surface area contributed by atoms with Gasteiger partial charge >= 0.3 is 0 Å². The first-order valence-corrected chi connectivity index (χ1v) is 7.18. The van der Waals surface area contributed by atoms with E-state index in [-0.39, 0.29) is 0 Å². The topological polar surface area (TPSA) is 42.7 Å². The minimum absolute atomic E-state index is 0.424. The number of nitrogens with one attached hydrogen (secondary N) is 1. The van der Waals surface area contributed by atoms with Crippen LogP contribution in [0.5, 0.6) is 0 Å². The van der Waals surface area contributed by atoms with E-state index >= 15 is 0 Å². The number of aromatic nitrogens is 3. The first kappa shape index (κ1) is 13.2. The molecule has 0 amide bonds. The SMILES string of the molecule is CC(CNCc1cnn(C(C)C)c1)c1nccs1. The van der Waals surface area contributed by atoms with Crippen molar-refractivity contribution in [2.45, 2.75) is 39.3 Å². The fourth-order valence-electron chi connectivity index (χ4n) is 1.75. The Morgan fingerprint density at radius 3 is 2.83 bits per heavy atom. The molecule has 0 saturated carbocycles. The molecule has 0 fully saturated rings. The molecule has 1 atom stereocenters. The maximum absolute atomic E-state index is 4.33. The quantitative estimate of drug-likeness (QED) is 0.872. The highest BCUT2D eigenvalue weighted by Crippen LogP contribution is 2.16. The lowest BCUT2D eigenvalue weighted by Gasteiger charge is -2.09. The van der Waals surface area contributed by atoms with E-state index in [9.17, 15) is 0 Å². The van der Waals surface area contributed by atoms with E-state index in [4.69, 9.17) is 0 Å². The molecule has 0 bridgehead atoms. The minimum Gasteiger partial charge on any atom is -0.312 e. The molecule has 2 rings (SSSR count). The molecule has 98 valence electrons. The van der Waals surface area contributed by atoms with E-state index in [1.54, 1.807) is 11.3 Å². The van der Waals surface area contributed by atoms with Gasteiger partial charge in [-0.25, -0.2) is 4.98 Å². The largest absolute Gasteiger partial charge is 0.312 e. The lowest BCUT2D eigenvalue weighted by Crippen LogP contribution is -2.19. The molecular weight excluding hydrogens is 244 g/mol. The summed E-state index contributed by atoms with van der Waals surface area (Å²) >= 11 is 1.72. The van der Waals surface area contributed by atoms with Gasteiger partial charge in [0.15, 0.2) is 0 Å². The molecule has 0 aliphatic carbocycles. The van der Waals surface area contributed by atoms with Gasteiger partial charge in [-0.2, -0.15) is 5.10 Å². The smallest absolute Gasteiger partial charge is 0.0965 e. The predicted molar refractivity (Wildman–Crippen MR) is 74.8 cm³/mol. The molecule has 2 heterocycles. The summed E-state index contributed by atoms with van der Waals surface area (Å²) < 4.78 is 1.99. The standard InChI is InChI=1S/C13H20N4S/c1-10(2)17-9-12(8-16-17)7-14-6-11(3)13-15-4-5-18-13/h4-5,8-11,14H,6-7H2,1-3H3. The Kier molecular flexibility index (Phi) is 4.49. The van der Waals surface area contributed by atoms with Crippen LogP contribution in [0, 0.1) is 0 Å². The molecule has 0 aliphatic rings. The number of hydrogen-bond acceptors (Lipinski definition) is 4. The second-order valence-electron chi connectivity index (χ2n) is 4.82. The van der Waals surface area contributed by atoms with Gasteiger partial charge in [-0.05, 0) is 13.8 Å². The van der Waals surface area contributed by atoms with E-state index in [0.29, 0.717) is 12.0 Å². The number of nitrogens with zero attached hydrogens (tertiary/aromatic N) is 3. The molecule has 0 saturated heterocycles. The Bertz CT molecular complexity index is 461. The van der Waals surface area contributed by atoms with Gasteiger partial charge in [0.05, 0.1) is 11.2 Å². The molecule has 4 nitrogen and oxygen atoms in total. The third-order valence-electron chi connectivity index (χ3n) is 2.84. The Labute approximate surface area is 112 Å². The molecule has 18 heavy (non-hydrogen) atoms. The lowest BCUT2D eigenvalue weighted by atomic mass is 10.2. The van der Waals surface area contributed by atoms with Crippen molar-refractivity contribution < 1.29 is 0 Å². The monoisotopic (exact) mass is 264 g/mol. The Morgan fingerprint density at radius 2 is 2.22 bits per heavy atom. The van der Waals surface area contributed by atoms with Crippen LogP contribution in [0.2, 0.25) is 0 Å². The van der Waals surface area contributed by atoms with Crippen LogP contribution in [-0.2, 0) is 6.54 Å². The van der Waals surface area contributed by atoms with E-state index < -0.39 is 0 Å². The zero-order chi connectivity index (χ0) is 13.0. The predicted octanol–water partition coefficient (Wildman–Crippen LogP) is 2.81. The van der Waals surface area contributed by atoms with Crippen LogP contribution in [0.1, 0.15) is 43.3 Å². The van der Waals surface area contributed by atoms with Gasteiger partial charge in [0, 0.05) is 48.4 Å². The fraction of sp³-hybridized carbons (Fsp3) is 0.538. The highest BCUT2D eigenvalue weighted by atomic mass is 32.1. The summed E-state index contributed by atoms with van der Waals surface area (Å²) in [4.78, 5) is 4.33. The maximum atomic E-state index is 4.33. The molecule has 1 unspecified atom stereocenters. The zero-order valence-corrected chi connectivity index (χ0v) is 11.9. The summed E-state index contributed by atoms with van der Waals surface area (Å²) in [6, 6.07) is 0.424. The van der Waals surface area contributed by atoms with Crippen molar-refractivity contribution in [2.24, 2.45) is 0 Å². The molecule has 0 radical (unpaired) electrons. The molecule has 1 N–H and O–H groups in total. The van der Waals surface area contributed by atoms with Gasteiger partial charge in [0.2, 0.25) is 0 Å². The molecule has 5 heteroatoms. The average Bonchev–Trinajstić information content (AvgIpc) is 3.00. The van der Waals surface area contributed by atoms with Gasteiger partial charge in [0.1, 0.15) is 0 Å². The van der Waals surface area contributed by atoms with Crippen molar-refractivity contribution in [1.29, 1.82) is 0 Å². The maximum Gasteiger partial charge on any atom is 0.0965 e. The molecular formula is C13H20N4S. The highest BCUT2D eigenvalue weighted by molar-refractivity contribution is 7.09. The zero-order valence-electron chi connectivity index (χ0n) is 11.1. The number of thiazole rings is 1. The molecule has 0 aliphatic heterocycles. The van der Waals surface area contributed by atoms with E-state index in [1.807, 2.05) is 22.5 Å². The van der Waals surface area contributed by atoms with Crippen LogP contribution >= 0.6 is 11.3 Å². The van der Waals surface area contributed by atoms with E-state index in [2.05, 4.69) is 42.4 Å². The Balaban J connectivity index is 1.78. The third-order valence-corrected chi connectivity index (χ3v) is 3.84. The van der Waals surface area contributed by atoms with Crippen molar-refractivity contribution in [3.8, 4) is 0 Å². The van der Waals surface area contributed by atoms with Gasteiger partial charge < -0.3 is 5.32 Å². The summed E-state index contributed by atoms with van der Waals surface area (Å²) in [6.45, 7) is 8.27. The van der Waals surface area contributed by atoms with Crippen LogP contribution in [0.3, 0.4) is 0 Å². The Morgan fingerprint density at radius 1 is 1.39 bits per heavy atom. The number of rotatable bonds is 6.